The van der Waals surface area contributed by atoms with E-state index in [1.165, 1.54) is 0 Å². The summed E-state index contributed by atoms with van der Waals surface area (Å²) in [6, 6.07) is 0.407. The molecule has 18 heavy (non-hydrogen) atoms. The second kappa shape index (κ2) is 7.11. The van der Waals surface area contributed by atoms with Crippen molar-refractivity contribution in [3.05, 3.63) is 11.7 Å². The van der Waals surface area contributed by atoms with Crippen LogP contribution in [0.1, 0.15) is 37.6 Å². The van der Waals surface area contributed by atoms with Crippen LogP contribution in [0.2, 0.25) is 0 Å². The third-order valence-electron chi connectivity index (χ3n) is 3.05. The Hall–Kier alpha value is -0.590. The number of likely N-dealkylation sites (N-methyl/N-ethyl adjacent to an activating group) is 1. The van der Waals surface area contributed by atoms with Crippen LogP contribution in [0.15, 0.2) is 4.52 Å². The quantitative estimate of drug-likeness (QED) is 0.851. The van der Waals surface area contributed by atoms with Crippen molar-refractivity contribution >= 4 is 11.8 Å². The van der Waals surface area contributed by atoms with Crippen LogP contribution >= 0.6 is 11.8 Å². The fraction of sp³-hybridized carbons (Fsp3) is 0.833. The molecule has 2 atom stereocenters. The lowest BCUT2D eigenvalue weighted by Gasteiger charge is -2.18. The first-order chi connectivity index (χ1) is 8.83. The minimum atomic E-state index is 0.000427. The number of hydrogen-bond donors (Lipinski definition) is 1. The van der Waals surface area contributed by atoms with E-state index < -0.39 is 0 Å². The Kier molecular flexibility index (Phi) is 5.46. The van der Waals surface area contributed by atoms with E-state index in [1.54, 1.807) is 0 Å². The lowest BCUT2D eigenvalue weighted by Crippen LogP contribution is -2.27. The average molecular weight is 271 g/mol. The minimum absolute atomic E-state index is 0.000427. The lowest BCUT2D eigenvalue weighted by atomic mass is 10.1. The Morgan fingerprint density at radius 2 is 2.44 bits per heavy atom. The van der Waals surface area contributed by atoms with Crippen LogP contribution in [-0.4, -0.2) is 41.3 Å². The topological polar surface area (TPSA) is 60.2 Å². The first-order valence-corrected chi connectivity index (χ1v) is 7.68. The van der Waals surface area contributed by atoms with Gasteiger partial charge in [-0.3, -0.25) is 0 Å². The van der Waals surface area contributed by atoms with Crippen molar-refractivity contribution in [2.24, 2.45) is 0 Å². The number of hydrogen-bond acceptors (Lipinski definition) is 6. The van der Waals surface area contributed by atoms with Crippen molar-refractivity contribution in [2.45, 2.75) is 38.3 Å². The van der Waals surface area contributed by atoms with Crippen molar-refractivity contribution in [1.29, 1.82) is 0 Å². The molecule has 2 rings (SSSR count). The summed E-state index contributed by atoms with van der Waals surface area (Å²) in [5.74, 6) is 3.38. The summed E-state index contributed by atoms with van der Waals surface area (Å²) < 4.78 is 10.9. The van der Waals surface area contributed by atoms with Crippen LogP contribution in [0.4, 0.5) is 0 Å². The highest BCUT2D eigenvalue weighted by Gasteiger charge is 2.22. The Morgan fingerprint density at radius 1 is 1.56 bits per heavy atom. The van der Waals surface area contributed by atoms with Crippen molar-refractivity contribution in [2.75, 3.05) is 25.2 Å². The summed E-state index contributed by atoms with van der Waals surface area (Å²) in [5.41, 5.74) is 0. The van der Waals surface area contributed by atoms with E-state index in [9.17, 15) is 0 Å². The van der Waals surface area contributed by atoms with E-state index in [2.05, 4.69) is 22.4 Å². The van der Waals surface area contributed by atoms with E-state index in [4.69, 9.17) is 9.26 Å². The molecule has 0 radical (unpaired) electrons. The normalized spacial score (nSPS) is 22.0. The Morgan fingerprint density at radius 3 is 3.11 bits per heavy atom. The minimum Gasteiger partial charge on any atom is -0.368 e. The van der Waals surface area contributed by atoms with Gasteiger partial charge < -0.3 is 14.6 Å². The molecule has 1 aromatic heterocycles. The summed E-state index contributed by atoms with van der Waals surface area (Å²) in [5, 5.41) is 7.31. The first kappa shape index (κ1) is 13.8. The van der Waals surface area contributed by atoms with Gasteiger partial charge in [0.2, 0.25) is 11.7 Å². The molecular weight excluding hydrogens is 250 g/mol. The van der Waals surface area contributed by atoms with E-state index in [1.807, 2.05) is 18.8 Å². The number of rotatable bonds is 6. The molecule has 0 bridgehead atoms. The maximum Gasteiger partial charge on any atom is 0.228 e. The molecule has 1 aliphatic rings. The summed E-state index contributed by atoms with van der Waals surface area (Å²) in [4.78, 5) is 4.45. The van der Waals surface area contributed by atoms with Crippen LogP contribution < -0.4 is 5.32 Å². The Balaban J connectivity index is 1.92. The van der Waals surface area contributed by atoms with Gasteiger partial charge in [-0.05, 0) is 13.5 Å². The lowest BCUT2D eigenvalue weighted by molar-refractivity contribution is 0.0677. The van der Waals surface area contributed by atoms with Gasteiger partial charge >= 0.3 is 0 Å². The fourth-order valence-electron chi connectivity index (χ4n) is 2.03. The molecule has 1 fully saturated rings. The molecule has 1 aromatic rings. The first-order valence-electron chi connectivity index (χ1n) is 6.52. The third kappa shape index (κ3) is 3.70. The molecule has 1 aliphatic heterocycles. The molecule has 1 saturated heterocycles. The van der Waals surface area contributed by atoms with Crippen LogP contribution in [-0.2, 0) is 11.2 Å². The average Bonchev–Trinajstić information content (AvgIpc) is 2.88. The van der Waals surface area contributed by atoms with Gasteiger partial charge in [0.1, 0.15) is 6.10 Å². The van der Waals surface area contributed by atoms with Gasteiger partial charge in [-0.1, -0.05) is 18.5 Å². The third-order valence-corrected chi connectivity index (χ3v) is 4.05. The van der Waals surface area contributed by atoms with E-state index >= 15 is 0 Å². The summed E-state index contributed by atoms with van der Waals surface area (Å²) >= 11 is 1.87. The predicted molar refractivity (Wildman–Crippen MR) is 71.8 cm³/mol. The summed E-state index contributed by atoms with van der Waals surface area (Å²) in [7, 11) is 1.97. The molecule has 102 valence electrons. The molecule has 0 spiro atoms. The number of aromatic nitrogens is 2. The zero-order valence-electron chi connectivity index (χ0n) is 11.0. The van der Waals surface area contributed by atoms with Crippen LogP contribution in [0.5, 0.6) is 0 Å². The highest BCUT2D eigenvalue weighted by Crippen LogP contribution is 2.24. The second-order valence-corrected chi connectivity index (χ2v) is 5.61. The summed E-state index contributed by atoms with van der Waals surface area (Å²) in [6.45, 7) is 2.95. The maximum absolute atomic E-state index is 5.63. The monoisotopic (exact) mass is 271 g/mol. The molecule has 2 heterocycles. The Labute approximate surface area is 112 Å². The van der Waals surface area contributed by atoms with E-state index in [0.717, 1.165) is 37.4 Å². The van der Waals surface area contributed by atoms with Crippen LogP contribution in [0.25, 0.3) is 0 Å². The fourth-order valence-corrected chi connectivity index (χ4v) is 2.87. The molecule has 0 aliphatic carbocycles. The number of nitrogens with zero attached hydrogens (tertiary/aromatic N) is 2. The molecule has 6 heteroatoms. The molecule has 0 saturated carbocycles. The van der Waals surface area contributed by atoms with Gasteiger partial charge in [0.05, 0.1) is 6.61 Å². The van der Waals surface area contributed by atoms with Crippen molar-refractivity contribution in [1.82, 2.24) is 15.5 Å². The molecule has 2 unspecified atom stereocenters. The number of ether oxygens (including phenoxy) is 1. The van der Waals surface area contributed by atoms with Crippen molar-refractivity contribution in [3.63, 3.8) is 0 Å². The SMILES string of the molecule is CCCC(Cc1nc(C2CSCCO2)no1)NC. The number of thioether (sulfide) groups is 1. The molecule has 1 N–H and O–H groups in total. The van der Waals surface area contributed by atoms with Crippen LogP contribution in [0, 0.1) is 0 Å². The summed E-state index contributed by atoms with van der Waals surface area (Å²) in [6.07, 6.45) is 3.05. The predicted octanol–water partition coefficient (Wildman–Crippen LogP) is 1.80. The van der Waals surface area contributed by atoms with Gasteiger partial charge in [0, 0.05) is 24.0 Å². The zero-order chi connectivity index (χ0) is 12.8. The second-order valence-electron chi connectivity index (χ2n) is 4.46. The number of nitrogens with one attached hydrogen (secondary N) is 1. The highest BCUT2D eigenvalue weighted by molar-refractivity contribution is 7.99. The van der Waals surface area contributed by atoms with Crippen LogP contribution in [0.3, 0.4) is 0 Å². The maximum atomic E-state index is 5.63. The Bertz CT molecular complexity index is 353. The molecular formula is C12H21N3O2S. The van der Waals surface area contributed by atoms with Crippen molar-refractivity contribution in [3.8, 4) is 0 Å². The smallest absolute Gasteiger partial charge is 0.228 e. The van der Waals surface area contributed by atoms with Gasteiger partial charge in [-0.25, -0.2) is 0 Å². The van der Waals surface area contributed by atoms with Gasteiger partial charge in [-0.15, -0.1) is 0 Å². The van der Waals surface area contributed by atoms with E-state index in [0.29, 0.717) is 17.8 Å². The van der Waals surface area contributed by atoms with E-state index in [-0.39, 0.29) is 6.10 Å². The molecule has 0 aromatic carbocycles. The zero-order valence-corrected chi connectivity index (χ0v) is 11.8. The van der Waals surface area contributed by atoms with Gasteiger partial charge in [0.25, 0.3) is 0 Å². The highest BCUT2D eigenvalue weighted by atomic mass is 32.2. The van der Waals surface area contributed by atoms with Crippen molar-refractivity contribution < 1.29 is 9.26 Å². The van der Waals surface area contributed by atoms with Gasteiger partial charge in [-0.2, -0.15) is 16.7 Å². The largest absolute Gasteiger partial charge is 0.368 e. The van der Waals surface area contributed by atoms with Gasteiger partial charge in [0.15, 0.2) is 0 Å². The molecule has 0 amide bonds. The molecule has 5 nitrogen and oxygen atoms in total. The standard InChI is InChI=1S/C12H21N3O2S/c1-3-4-9(13-2)7-11-14-12(15-17-11)10-8-18-6-5-16-10/h9-10,13H,3-8H2,1-2H3.